The van der Waals surface area contributed by atoms with Crippen molar-refractivity contribution in [2.75, 3.05) is 26.7 Å². The number of rotatable bonds is 6. The van der Waals surface area contributed by atoms with E-state index < -0.39 is 22.2 Å². The van der Waals surface area contributed by atoms with Gasteiger partial charge < -0.3 is 14.8 Å². The van der Waals surface area contributed by atoms with Gasteiger partial charge in [0.1, 0.15) is 23.3 Å². The van der Waals surface area contributed by atoms with E-state index in [1.807, 2.05) is 12.1 Å². The molecule has 2 aliphatic rings. The fourth-order valence-corrected chi connectivity index (χ4v) is 6.60. The highest BCUT2D eigenvalue weighted by Gasteiger charge is 2.42. The summed E-state index contributed by atoms with van der Waals surface area (Å²) in [5.74, 6) is -0.947. The first-order chi connectivity index (χ1) is 16.8. The number of methoxy groups -OCH3 is 1. The van der Waals surface area contributed by atoms with Crippen LogP contribution >= 0.6 is 0 Å². The Morgan fingerprint density at radius 2 is 2.06 bits per heavy atom. The van der Waals surface area contributed by atoms with Gasteiger partial charge in [0.05, 0.1) is 7.11 Å². The first kappa shape index (κ1) is 23.5. The van der Waals surface area contributed by atoms with Crippen molar-refractivity contribution in [2.24, 2.45) is 0 Å². The Morgan fingerprint density at radius 3 is 2.77 bits per heavy atom. The summed E-state index contributed by atoms with van der Waals surface area (Å²) in [7, 11) is -2.34. The molecule has 0 unspecified atom stereocenters. The van der Waals surface area contributed by atoms with Crippen molar-refractivity contribution in [3.8, 4) is 16.9 Å². The SMILES string of the molecule is COc1ccc(F)cc1-c1ccnc2[nH]c(C3=CCN(S(=O)(=O)N4CCC[C@H]4C(=O)O)CC3)cc12. The quantitative estimate of drug-likeness (QED) is 0.537. The number of hydrogen-bond acceptors (Lipinski definition) is 5. The number of ether oxygens (including phenoxy) is 1. The Balaban J connectivity index is 1.43. The molecule has 1 saturated heterocycles. The van der Waals surface area contributed by atoms with Crippen LogP contribution in [0.5, 0.6) is 5.75 Å². The maximum Gasteiger partial charge on any atom is 0.322 e. The standard InChI is InChI=1S/C24H25FN4O5S/c1-34-22-5-4-16(25)13-18(22)17-6-9-26-23-19(17)14-20(27-23)15-7-11-28(12-8-15)35(32,33)29-10-2-3-21(29)24(30)31/h4-7,9,13-14,21H,2-3,8,10-12H2,1H3,(H,26,27)(H,30,31)/t21-/m0/s1. The molecule has 4 heterocycles. The topological polar surface area (TPSA) is 116 Å². The van der Waals surface area contributed by atoms with Crippen molar-refractivity contribution in [3.63, 3.8) is 0 Å². The summed E-state index contributed by atoms with van der Waals surface area (Å²) in [6.45, 7) is 0.602. The fraction of sp³-hybridized carbons (Fsp3) is 0.333. The molecule has 3 aromatic rings. The number of pyridine rings is 1. The second kappa shape index (κ2) is 9.06. The largest absolute Gasteiger partial charge is 0.496 e. The van der Waals surface area contributed by atoms with Crippen molar-refractivity contribution in [1.29, 1.82) is 0 Å². The molecule has 11 heteroatoms. The number of aliphatic carboxylic acids is 1. The molecule has 0 spiro atoms. The van der Waals surface area contributed by atoms with Crippen molar-refractivity contribution >= 4 is 32.8 Å². The van der Waals surface area contributed by atoms with E-state index in [4.69, 9.17) is 4.74 Å². The number of halogens is 1. The predicted octanol–water partition coefficient (Wildman–Crippen LogP) is 3.26. The van der Waals surface area contributed by atoms with Crippen LogP contribution < -0.4 is 4.74 Å². The maximum absolute atomic E-state index is 14.0. The third kappa shape index (κ3) is 4.19. The van der Waals surface area contributed by atoms with Crippen LogP contribution in [-0.2, 0) is 15.0 Å². The first-order valence-corrected chi connectivity index (χ1v) is 12.7. The minimum absolute atomic E-state index is 0.147. The predicted molar refractivity (Wildman–Crippen MR) is 128 cm³/mol. The number of H-pyrrole nitrogens is 1. The van der Waals surface area contributed by atoms with Crippen LogP contribution in [0.2, 0.25) is 0 Å². The van der Waals surface area contributed by atoms with Crippen LogP contribution in [0.3, 0.4) is 0 Å². The number of nitrogens with one attached hydrogen (secondary N) is 1. The van der Waals surface area contributed by atoms with Crippen molar-refractivity contribution in [2.45, 2.75) is 25.3 Å². The van der Waals surface area contributed by atoms with Gasteiger partial charge >= 0.3 is 5.97 Å². The number of aromatic amines is 1. The van der Waals surface area contributed by atoms with Gasteiger partial charge in [0, 0.05) is 42.5 Å². The lowest BCUT2D eigenvalue weighted by Gasteiger charge is -2.31. The third-order valence-electron chi connectivity index (χ3n) is 6.61. The number of carboxylic acid groups (broad SMARTS) is 1. The molecular weight excluding hydrogens is 475 g/mol. The summed E-state index contributed by atoms with van der Waals surface area (Å²) < 4.78 is 48.0. The molecule has 9 nitrogen and oxygen atoms in total. The van der Waals surface area contributed by atoms with Crippen LogP contribution in [-0.4, -0.2) is 70.9 Å². The zero-order valence-electron chi connectivity index (χ0n) is 19.1. The third-order valence-corrected chi connectivity index (χ3v) is 8.63. The molecule has 0 aliphatic carbocycles. The van der Waals surface area contributed by atoms with Gasteiger partial charge in [-0.3, -0.25) is 4.79 Å². The molecule has 0 amide bonds. The minimum atomic E-state index is -3.87. The molecule has 1 aromatic carbocycles. The molecule has 0 saturated carbocycles. The Labute approximate surface area is 202 Å². The van der Waals surface area contributed by atoms with E-state index in [0.29, 0.717) is 36.2 Å². The number of benzene rings is 1. The molecule has 0 radical (unpaired) electrons. The lowest BCUT2D eigenvalue weighted by molar-refractivity contribution is -0.140. The van der Waals surface area contributed by atoms with Crippen molar-refractivity contribution in [3.05, 3.63) is 54.1 Å². The van der Waals surface area contributed by atoms with E-state index in [2.05, 4.69) is 9.97 Å². The van der Waals surface area contributed by atoms with Crippen LogP contribution in [0.4, 0.5) is 4.39 Å². The van der Waals surface area contributed by atoms with E-state index in [1.54, 1.807) is 18.3 Å². The lowest BCUT2D eigenvalue weighted by Crippen LogP contribution is -2.49. The Hall–Kier alpha value is -3.28. The Bertz CT molecular complexity index is 1430. The number of nitrogens with zero attached hydrogens (tertiary/aromatic N) is 3. The number of carboxylic acids is 1. The average molecular weight is 501 g/mol. The normalized spacial score (nSPS) is 19.7. The van der Waals surface area contributed by atoms with Gasteiger partial charge in [0.25, 0.3) is 10.2 Å². The van der Waals surface area contributed by atoms with Crippen LogP contribution in [0.25, 0.3) is 27.7 Å². The highest BCUT2D eigenvalue weighted by atomic mass is 32.2. The minimum Gasteiger partial charge on any atom is -0.496 e. The number of hydrogen-bond donors (Lipinski definition) is 2. The molecule has 0 bridgehead atoms. The Morgan fingerprint density at radius 1 is 1.23 bits per heavy atom. The summed E-state index contributed by atoms with van der Waals surface area (Å²) in [6.07, 6.45) is 4.78. The highest BCUT2D eigenvalue weighted by Crippen LogP contribution is 2.37. The summed E-state index contributed by atoms with van der Waals surface area (Å²) in [5.41, 5.74) is 3.74. The van der Waals surface area contributed by atoms with Crippen molar-refractivity contribution in [1.82, 2.24) is 18.6 Å². The van der Waals surface area contributed by atoms with E-state index in [0.717, 1.165) is 26.5 Å². The average Bonchev–Trinajstić information content (AvgIpc) is 3.52. The molecule has 1 fully saturated rings. The van der Waals surface area contributed by atoms with E-state index >= 15 is 0 Å². The number of fused-ring (bicyclic) bond motifs is 1. The van der Waals surface area contributed by atoms with E-state index in [-0.39, 0.29) is 25.5 Å². The highest BCUT2D eigenvalue weighted by molar-refractivity contribution is 7.86. The zero-order valence-corrected chi connectivity index (χ0v) is 19.9. The second-order valence-corrected chi connectivity index (χ2v) is 10.5. The van der Waals surface area contributed by atoms with Gasteiger partial charge in [0.2, 0.25) is 0 Å². The van der Waals surface area contributed by atoms with Crippen LogP contribution in [0, 0.1) is 5.82 Å². The summed E-state index contributed by atoms with van der Waals surface area (Å²) >= 11 is 0. The lowest BCUT2D eigenvalue weighted by atomic mass is 10.0. The smallest absolute Gasteiger partial charge is 0.322 e. The molecule has 5 rings (SSSR count). The fourth-order valence-electron chi connectivity index (χ4n) is 4.84. The van der Waals surface area contributed by atoms with Gasteiger partial charge in [-0.15, -0.1) is 0 Å². The van der Waals surface area contributed by atoms with Gasteiger partial charge in [-0.05, 0) is 60.7 Å². The molecular formula is C24H25FN4O5S. The van der Waals surface area contributed by atoms with Crippen LogP contribution in [0.15, 0.2) is 42.6 Å². The second-order valence-electron chi connectivity index (χ2n) is 8.60. The zero-order chi connectivity index (χ0) is 24.7. The molecule has 184 valence electrons. The van der Waals surface area contributed by atoms with E-state index in [9.17, 15) is 22.7 Å². The number of carbonyl (C=O) groups is 1. The molecule has 2 aromatic heterocycles. The number of aromatic nitrogens is 2. The summed E-state index contributed by atoms with van der Waals surface area (Å²) in [5, 5.41) is 10.2. The Kier molecular flexibility index (Phi) is 6.07. The summed E-state index contributed by atoms with van der Waals surface area (Å²) in [4.78, 5) is 19.2. The van der Waals surface area contributed by atoms with Gasteiger partial charge in [-0.1, -0.05) is 6.08 Å². The van der Waals surface area contributed by atoms with Gasteiger partial charge in [-0.2, -0.15) is 17.0 Å². The van der Waals surface area contributed by atoms with Crippen molar-refractivity contribution < 1.29 is 27.4 Å². The van der Waals surface area contributed by atoms with Crippen LogP contribution in [0.1, 0.15) is 25.0 Å². The van der Waals surface area contributed by atoms with Gasteiger partial charge in [-0.25, -0.2) is 9.37 Å². The molecule has 1 atom stereocenters. The maximum atomic E-state index is 14.0. The monoisotopic (exact) mass is 500 g/mol. The molecule has 2 N–H and O–H groups in total. The van der Waals surface area contributed by atoms with Gasteiger partial charge in [0.15, 0.2) is 0 Å². The summed E-state index contributed by atoms with van der Waals surface area (Å²) in [6, 6.07) is 7.07. The molecule has 35 heavy (non-hydrogen) atoms. The first-order valence-electron chi connectivity index (χ1n) is 11.3. The van der Waals surface area contributed by atoms with E-state index in [1.165, 1.54) is 23.5 Å². The molecule has 2 aliphatic heterocycles.